The molecule has 0 amide bonds. The minimum atomic E-state index is 0.550. The highest BCUT2D eigenvalue weighted by Gasteiger charge is 2.40. The number of nitrogens with two attached hydrogens (primary N) is 1. The summed E-state index contributed by atoms with van der Waals surface area (Å²) in [6, 6.07) is 0. The Hall–Kier alpha value is -0.120. The molecule has 2 fully saturated rings. The van der Waals surface area contributed by atoms with E-state index in [2.05, 4.69) is 19.2 Å². The fourth-order valence-electron chi connectivity index (χ4n) is 3.36. The van der Waals surface area contributed by atoms with E-state index in [1.54, 1.807) is 0 Å². The van der Waals surface area contributed by atoms with E-state index in [4.69, 9.17) is 10.5 Å². The smallest absolute Gasteiger partial charge is 0.0621 e. The van der Waals surface area contributed by atoms with Gasteiger partial charge in [0.05, 0.1) is 12.2 Å². The Morgan fingerprint density at radius 1 is 1.35 bits per heavy atom. The van der Waals surface area contributed by atoms with Crippen LogP contribution in [0, 0.1) is 17.8 Å². The fraction of sp³-hybridized carbons (Fsp3) is 1.00. The number of hydrogen-bond donors (Lipinski definition) is 2. The van der Waals surface area contributed by atoms with Crippen molar-refractivity contribution in [1.82, 2.24) is 5.32 Å². The minimum Gasteiger partial charge on any atom is -0.375 e. The van der Waals surface area contributed by atoms with Gasteiger partial charge in [0.15, 0.2) is 0 Å². The normalized spacial score (nSPS) is 33.5. The van der Waals surface area contributed by atoms with E-state index in [0.29, 0.717) is 18.1 Å². The molecule has 0 aromatic heterocycles. The van der Waals surface area contributed by atoms with Crippen LogP contribution in [0.5, 0.6) is 0 Å². The molecule has 0 radical (unpaired) electrons. The average molecular weight is 240 g/mol. The summed E-state index contributed by atoms with van der Waals surface area (Å²) in [5.74, 6) is 2.14. The highest BCUT2D eigenvalue weighted by atomic mass is 16.5. The molecule has 0 aromatic carbocycles. The summed E-state index contributed by atoms with van der Waals surface area (Å²) >= 11 is 0. The maximum absolute atomic E-state index is 5.87. The lowest BCUT2D eigenvalue weighted by molar-refractivity contribution is 0.0922. The van der Waals surface area contributed by atoms with Gasteiger partial charge in [-0.2, -0.15) is 0 Å². The first kappa shape index (κ1) is 13.3. The maximum Gasteiger partial charge on any atom is 0.0621 e. The van der Waals surface area contributed by atoms with E-state index in [1.165, 1.54) is 25.7 Å². The van der Waals surface area contributed by atoms with Gasteiger partial charge in [-0.15, -0.1) is 0 Å². The zero-order valence-electron chi connectivity index (χ0n) is 11.3. The van der Waals surface area contributed by atoms with Gasteiger partial charge in [-0.25, -0.2) is 0 Å². The zero-order valence-corrected chi connectivity index (χ0v) is 11.3. The maximum atomic E-state index is 5.87. The molecular formula is C14H28N2O. The molecule has 100 valence electrons. The van der Waals surface area contributed by atoms with E-state index in [-0.39, 0.29) is 0 Å². The first-order valence-electron chi connectivity index (χ1n) is 7.25. The molecule has 4 atom stereocenters. The lowest BCUT2D eigenvalue weighted by atomic mass is 9.89. The molecule has 0 saturated carbocycles. The van der Waals surface area contributed by atoms with Crippen LogP contribution < -0.4 is 11.1 Å². The predicted octanol–water partition coefficient (Wildman–Crippen LogP) is 1.76. The Morgan fingerprint density at radius 2 is 2.18 bits per heavy atom. The van der Waals surface area contributed by atoms with E-state index in [0.717, 1.165) is 31.5 Å². The molecule has 2 rings (SSSR count). The summed E-state index contributed by atoms with van der Waals surface area (Å²) in [6.45, 7) is 7.54. The van der Waals surface area contributed by atoms with Gasteiger partial charge < -0.3 is 15.8 Å². The molecule has 0 aromatic rings. The molecule has 3 N–H and O–H groups in total. The van der Waals surface area contributed by atoms with Crippen LogP contribution >= 0.6 is 0 Å². The molecule has 0 aliphatic carbocycles. The first-order valence-corrected chi connectivity index (χ1v) is 7.25. The molecule has 17 heavy (non-hydrogen) atoms. The third kappa shape index (κ3) is 3.67. The van der Waals surface area contributed by atoms with Crippen molar-refractivity contribution < 1.29 is 4.74 Å². The zero-order chi connectivity index (χ0) is 12.3. The monoisotopic (exact) mass is 240 g/mol. The quantitative estimate of drug-likeness (QED) is 0.713. The van der Waals surface area contributed by atoms with Crippen molar-refractivity contribution >= 4 is 0 Å². The summed E-state index contributed by atoms with van der Waals surface area (Å²) in [6.07, 6.45) is 6.21. The van der Waals surface area contributed by atoms with Crippen LogP contribution in [0.2, 0.25) is 0 Å². The Kier molecular flexibility index (Phi) is 4.83. The summed E-state index contributed by atoms with van der Waals surface area (Å²) in [5, 5.41) is 3.61. The van der Waals surface area contributed by atoms with Crippen LogP contribution in [0.1, 0.15) is 39.5 Å². The fourth-order valence-corrected chi connectivity index (χ4v) is 3.36. The number of nitrogens with one attached hydrogen (secondary N) is 1. The summed E-state index contributed by atoms with van der Waals surface area (Å²) in [4.78, 5) is 0. The summed E-state index contributed by atoms with van der Waals surface area (Å²) in [5.41, 5.74) is 5.81. The van der Waals surface area contributed by atoms with Gasteiger partial charge in [0.2, 0.25) is 0 Å². The van der Waals surface area contributed by atoms with Crippen molar-refractivity contribution in [2.45, 2.75) is 51.7 Å². The molecule has 2 aliphatic rings. The Morgan fingerprint density at radius 3 is 2.71 bits per heavy atom. The second kappa shape index (κ2) is 6.17. The topological polar surface area (TPSA) is 47.3 Å². The highest BCUT2D eigenvalue weighted by molar-refractivity contribution is 4.90. The van der Waals surface area contributed by atoms with Crippen molar-refractivity contribution in [3.8, 4) is 0 Å². The van der Waals surface area contributed by atoms with Gasteiger partial charge in [-0.05, 0) is 50.6 Å². The Bertz CT molecular complexity index is 232. The minimum absolute atomic E-state index is 0.550. The Labute approximate surface area is 105 Å². The van der Waals surface area contributed by atoms with Gasteiger partial charge in [-0.3, -0.25) is 0 Å². The summed E-state index contributed by atoms with van der Waals surface area (Å²) in [7, 11) is 0. The highest BCUT2D eigenvalue weighted by Crippen LogP contribution is 2.38. The molecule has 4 unspecified atom stereocenters. The van der Waals surface area contributed by atoms with E-state index >= 15 is 0 Å². The molecule has 2 aliphatic heterocycles. The molecule has 0 spiro atoms. The van der Waals surface area contributed by atoms with Gasteiger partial charge in [-0.1, -0.05) is 13.8 Å². The predicted molar refractivity (Wildman–Crippen MR) is 70.9 cm³/mol. The number of rotatable bonds is 7. The van der Waals surface area contributed by atoms with E-state index in [1.807, 2.05) is 0 Å². The number of fused-ring (bicyclic) bond motifs is 2. The van der Waals surface area contributed by atoms with Crippen molar-refractivity contribution in [2.75, 3.05) is 19.6 Å². The Balaban J connectivity index is 1.62. The van der Waals surface area contributed by atoms with Crippen molar-refractivity contribution in [3.05, 3.63) is 0 Å². The lowest BCUT2D eigenvalue weighted by Gasteiger charge is -2.22. The SMILES string of the molecule is CC(C)CC(CN)CNCC1CC2CCC1O2. The second-order valence-electron chi connectivity index (χ2n) is 6.26. The largest absolute Gasteiger partial charge is 0.375 e. The van der Waals surface area contributed by atoms with Gasteiger partial charge in [0.25, 0.3) is 0 Å². The van der Waals surface area contributed by atoms with Crippen LogP contribution in [0.25, 0.3) is 0 Å². The van der Waals surface area contributed by atoms with Gasteiger partial charge >= 0.3 is 0 Å². The van der Waals surface area contributed by atoms with Crippen LogP contribution in [0.15, 0.2) is 0 Å². The van der Waals surface area contributed by atoms with E-state index in [9.17, 15) is 0 Å². The number of hydrogen-bond acceptors (Lipinski definition) is 3. The van der Waals surface area contributed by atoms with Crippen molar-refractivity contribution in [2.24, 2.45) is 23.5 Å². The molecule has 2 heterocycles. The summed E-state index contributed by atoms with van der Waals surface area (Å²) < 4.78 is 5.87. The van der Waals surface area contributed by atoms with Crippen molar-refractivity contribution in [3.63, 3.8) is 0 Å². The third-order valence-electron chi connectivity index (χ3n) is 4.21. The van der Waals surface area contributed by atoms with Crippen LogP contribution in [-0.4, -0.2) is 31.8 Å². The van der Waals surface area contributed by atoms with Crippen molar-refractivity contribution in [1.29, 1.82) is 0 Å². The lowest BCUT2D eigenvalue weighted by Crippen LogP contribution is -2.35. The van der Waals surface area contributed by atoms with Crippen LogP contribution in [0.4, 0.5) is 0 Å². The molecule has 3 nitrogen and oxygen atoms in total. The molecule has 2 bridgehead atoms. The van der Waals surface area contributed by atoms with Gasteiger partial charge in [0, 0.05) is 12.5 Å². The molecule has 3 heteroatoms. The van der Waals surface area contributed by atoms with E-state index < -0.39 is 0 Å². The second-order valence-corrected chi connectivity index (χ2v) is 6.26. The standard InChI is InChI=1S/C14H28N2O/c1-10(2)5-11(7-15)8-16-9-12-6-13-3-4-14(12)17-13/h10-14,16H,3-9,15H2,1-2H3. The van der Waals surface area contributed by atoms with Crippen LogP contribution in [0.3, 0.4) is 0 Å². The number of ether oxygens (including phenoxy) is 1. The van der Waals surface area contributed by atoms with Crippen LogP contribution in [-0.2, 0) is 4.74 Å². The first-order chi connectivity index (χ1) is 8.19. The van der Waals surface area contributed by atoms with Gasteiger partial charge in [0.1, 0.15) is 0 Å². The third-order valence-corrected chi connectivity index (χ3v) is 4.21. The average Bonchev–Trinajstić information content (AvgIpc) is 2.89. The molecular weight excluding hydrogens is 212 g/mol. The molecule has 2 saturated heterocycles.